The number of carbonyl (C=O) groups is 3. The van der Waals surface area contributed by atoms with Crippen molar-refractivity contribution in [3.05, 3.63) is 23.8 Å². The number of ketones is 1. The summed E-state index contributed by atoms with van der Waals surface area (Å²) in [5, 5.41) is 24.3. The maximum Gasteiger partial charge on any atom is 0.230 e. The van der Waals surface area contributed by atoms with Crippen LogP contribution >= 0.6 is 0 Å². The van der Waals surface area contributed by atoms with E-state index in [-0.39, 0.29) is 35.5 Å². The minimum absolute atomic E-state index is 0.0144. The summed E-state index contributed by atoms with van der Waals surface area (Å²) in [7, 11) is 0. The SMILES string of the molecule is CCC(C(=O)CC(C)C(=O)NCCCCN)C(=O)NCCc1ccc(O)c(O)c1. The summed E-state index contributed by atoms with van der Waals surface area (Å²) in [6.45, 7) is 4.84. The number of rotatable bonds is 13. The van der Waals surface area contributed by atoms with Gasteiger partial charge >= 0.3 is 0 Å². The van der Waals surface area contributed by atoms with Gasteiger partial charge in [0.2, 0.25) is 11.8 Å². The van der Waals surface area contributed by atoms with Gasteiger partial charge in [0.05, 0.1) is 5.92 Å². The first kappa shape index (κ1) is 24.4. The Labute approximate surface area is 171 Å². The van der Waals surface area contributed by atoms with Crippen LogP contribution in [0, 0.1) is 11.8 Å². The van der Waals surface area contributed by atoms with Gasteiger partial charge in [-0.25, -0.2) is 0 Å². The topological polar surface area (TPSA) is 142 Å². The molecule has 0 fully saturated rings. The Morgan fingerprint density at radius 2 is 1.72 bits per heavy atom. The van der Waals surface area contributed by atoms with Gasteiger partial charge in [-0.2, -0.15) is 0 Å². The predicted molar refractivity (Wildman–Crippen MR) is 110 cm³/mol. The molecular weight excluding hydrogens is 374 g/mol. The third kappa shape index (κ3) is 8.51. The first-order chi connectivity index (χ1) is 13.8. The van der Waals surface area contributed by atoms with E-state index in [9.17, 15) is 24.6 Å². The van der Waals surface area contributed by atoms with E-state index in [1.807, 2.05) is 0 Å². The molecule has 0 bridgehead atoms. The number of carbonyl (C=O) groups excluding carboxylic acids is 3. The fourth-order valence-electron chi connectivity index (χ4n) is 2.93. The second-order valence-electron chi connectivity index (χ2n) is 7.18. The van der Waals surface area contributed by atoms with Crippen molar-refractivity contribution in [2.45, 2.75) is 46.0 Å². The summed E-state index contributed by atoms with van der Waals surface area (Å²) < 4.78 is 0. The van der Waals surface area contributed by atoms with Crippen molar-refractivity contribution < 1.29 is 24.6 Å². The summed E-state index contributed by atoms with van der Waals surface area (Å²) in [5.74, 6) is -2.53. The molecule has 8 nitrogen and oxygen atoms in total. The number of hydrogen-bond donors (Lipinski definition) is 5. The van der Waals surface area contributed by atoms with Gasteiger partial charge < -0.3 is 26.6 Å². The average molecular weight is 408 g/mol. The Balaban J connectivity index is 2.46. The Morgan fingerprint density at radius 1 is 1.03 bits per heavy atom. The lowest BCUT2D eigenvalue weighted by Gasteiger charge is -2.17. The molecule has 1 rings (SSSR count). The van der Waals surface area contributed by atoms with E-state index in [0.717, 1.165) is 18.4 Å². The zero-order valence-electron chi connectivity index (χ0n) is 17.2. The predicted octanol–water partition coefficient (Wildman–Crippen LogP) is 1.23. The highest BCUT2D eigenvalue weighted by molar-refractivity contribution is 6.02. The average Bonchev–Trinajstić information content (AvgIpc) is 2.68. The molecule has 0 radical (unpaired) electrons. The van der Waals surface area contributed by atoms with E-state index >= 15 is 0 Å². The van der Waals surface area contributed by atoms with Crippen molar-refractivity contribution in [2.75, 3.05) is 19.6 Å². The number of amides is 2. The standard InChI is InChI=1S/C21H33N3O5/c1-3-16(18(26)12-14(2)20(28)23-10-5-4-9-22)21(29)24-11-8-15-6-7-17(25)19(27)13-15/h6-7,13-14,16,25,27H,3-5,8-12,22H2,1-2H3,(H,23,28)(H,24,29). The monoisotopic (exact) mass is 407 g/mol. The van der Waals surface area contributed by atoms with E-state index in [1.54, 1.807) is 19.9 Å². The summed E-state index contributed by atoms with van der Waals surface area (Å²) in [6.07, 6.45) is 2.44. The summed E-state index contributed by atoms with van der Waals surface area (Å²) in [5.41, 5.74) is 6.16. The molecule has 2 amide bonds. The minimum atomic E-state index is -0.796. The normalized spacial score (nSPS) is 12.8. The largest absolute Gasteiger partial charge is 0.504 e. The highest BCUT2D eigenvalue weighted by atomic mass is 16.3. The Morgan fingerprint density at radius 3 is 2.34 bits per heavy atom. The summed E-state index contributed by atoms with van der Waals surface area (Å²) >= 11 is 0. The number of phenols is 2. The number of nitrogens with two attached hydrogens (primary N) is 1. The number of hydrogen-bond acceptors (Lipinski definition) is 6. The number of benzene rings is 1. The van der Waals surface area contributed by atoms with Crippen LogP contribution in [0.25, 0.3) is 0 Å². The van der Waals surface area contributed by atoms with E-state index < -0.39 is 11.8 Å². The Kier molecular flexibility index (Phi) is 10.8. The van der Waals surface area contributed by atoms with Crippen molar-refractivity contribution in [1.82, 2.24) is 10.6 Å². The second-order valence-corrected chi connectivity index (χ2v) is 7.18. The first-order valence-electron chi connectivity index (χ1n) is 10.1. The number of Topliss-reactive ketones (excluding diaryl/α,β-unsaturated/α-hetero) is 1. The zero-order valence-corrected chi connectivity index (χ0v) is 17.2. The van der Waals surface area contributed by atoms with Gasteiger partial charge in [-0.3, -0.25) is 14.4 Å². The van der Waals surface area contributed by atoms with Crippen LogP contribution in [-0.2, 0) is 20.8 Å². The highest BCUT2D eigenvalue weighted by Gasteiger charge is 2.27. The van der Waals surface area contributed by atoms with E-state index in [4.69, 9.17) is 5.73 Å². The van der Waals surface area contributed by atoms with Gasteiger partial charge in [-0.1, -0.05) is 19.9 Å². The van der Waals surface area contributed by atoms with Gasteiger partial charge in [-0.15, -0.1) is 0 Å². The van der Waals surface area contributed by atoms with Crippen LogP contribution in [0.5, 0.6) is 11.5 Å². The molecule has 0 aliphatic rings. The number of phenolic OH excluding ortho intramolecular Hbond substituents is 2. The molecule has 0 aliphatic carbocycles. The molecule has 2 atom stereocenters. The zero-order chi connectivity index (χ0) is 21.8. The lowest BCUT2D eigenvalue weighted by atomic mass is 9.92. The van der Waals surface area contributed by atoms with Crippen LogP contribution in [0.3, 0.4) is 0 Å². The maximum atomic E-state index is 12.5. The fraction of sp³-hybridized carbons (Fsp3) is 0.571. The summed E-state index contributed by atoms with van der Waals surface area (Å²) in [6, 6.07) is 4.46. The quantitative estimate of drug-likeness (QED) is 0.189. The maximum absolute atomic E-state index is 12.5. The van der Waals surface area contributed by atoms with E-state index in [1.165, 1.54) is 12.1 Å². The molecule has 8 heteroatoms. The third-order valence-corrected chi connectivity index (χ3v) is 4.75. The fourth-order valence-corrected chi connectivity index (χ4v) is 2.93. The van der Waals surface area contributed by atoms with Crippen molar-refractivity contribution in [1.29, 1.82) is 0 Å². The molecule has 162 valence electrons. The van der Waals surface area contributed by atoms with Crippen molar-refractivity contribution in [3.63, 3.8) is 0 Å². The molecule has 0 saturated heterocycles. The smallest absolute Gasteiger partial charge is 0.230 e. The summed E-state index contributed by atoms with van der Waals surface area (Å²) in [4.78, 5) is 37.0. The van der Waals surface area contributed by atoms with Crippen molar-refractivity contribution in [3.8, 4) is 11.5 Å². The molecule has 0 aromatic heterocycles. The second kappa shape index (κ2) is 12.8. The molecule has 2 unspecified atom stereocenters. The van der Waals surface area contributed by atoms with Crippen LogP contribution in [0.15, 0.2) is 18.2 Å². The Hall–Kier alpha value is -2.61. The number of unbranched alkanes of at least 4 members (excludes halogenated alkanes) is 1. The van der Waals surface area contributed by atoms with Crippen LogP contribution in [0.1, 0.15) is 45.1 Å². The van der Waals surface area contributed by atoms with Crippen molar-refractivity contribution in [2.24, 2.45) is 17.6 Å². The molecule has 0 spiro atoms. The van der Waals surface area contributed by atoms with E-state index in [0.29, 0.717) is 32.5 Å². The van der Waals surface area contributed by atoms with Crippen LogP contribution in [-0.4, -0.2) is 47.4 Å². The highest BCUT2D eigenvalue weighted by Crippen LogP contribution is 2.24. The molecule has 6 N–H and O–H groups in total. The van der Waals surface area contributed by atoms with Crippen LogP contribution < -0.4 is 16.4 Å². The molecule has 0 heterocycles. The Bertz CT molecular complexity index is 693. The van der Waals surface area contributed by atoms with Gasteiger partial charge in [0.15, 0.2) is 11.5 Å². The van der Waals surface area contributed by atoms with Crippen LogP contribution in [0.4, 0.5) is 0 Å². The van der Waals surface area contributed by atoms with Gasteiger partial charge in [-0.05, 0) is 49.9 Å². The lowest BCUT2D eigenvalue weighted by Crippen LogP contribution is -2.38. The molecule has 1 aromatic carbocycles. The van der Waals surface area contributed by atoms with E-state index in [2.05, 4.69) is 10.6 Å². The third-order valence-electron chi connectivity index (χ3n) is 4.75. The molecular formula is C21H33N3O5. The van der Waals surface area contributed by atoms with Gasteiger partial charge in [0, 0.05) is 25.4 Å². The van der Waals surface area contributed by atoms with Gasteiger partial charge in [0.1, 0.15) is 5.78 Å². The van der Waals surface area contributed by atoms with Crippen molar-refractivity contribution >= 4 is 17.6 Å². The number of nitrogens with one attached hydrogen (secondary N) is 2. The molecule has 1 aromatic rings. The first-order valence-corrected chi connectivity index (χ1v) is 10.1. The van der Waals surface area contributed by atoms with Crippen LogP contribution in [0.2, 0.25) is 0 Å². The molecule has 0 aliphatic heterocycles. The van der Waals surface area contributed by atoms with Gasteiger partial charge in [0.25, 0.3) is 0 Å². The molecule has 0 saturated carbocycles. The number of aromatic hydroxyl groups is 2. The molecule has 29 heavy (non-hydrogen) atoms. The lowest BCUT2D eigenvalue weighted by molar-refractivity contribution is -0.136. The minimum Gasteiger partial charge on any atom is -0.504 e.